The van der Waals surface area contributed by atoms with Gasteiger partial charge in [-0.15, -0.1) is 0 Å². The fourth-order valence-electron chi connectivity index (χ4n) is 2.72. The zero-order valence-electron chi connectivity index (χ0n) is 18.7. The maximum absolute atomic E-state index is 11.6. The topological polar surface area (TPSA) is 66.8 Å². The van der Waals surface area contributed by atoms with E-state index in [0.717, 1.165) is 38.8 Å². The molecule has 0 aliphatic rings. The Labute approximate surface area is 194 Å². The van der Waals surface area contributed by atoms with Crippen LogP contribution in [0.15, 0.2) is 49.1 Å². The molecule has 0 saturated carbocycles. The van der Waals surface area contributed by atoms with Crippen molar-refractivity contribution in [3.05, 3.63) is 49.1 Å². The summed E-state index contributed by atoms with van der Waals surface area (Å²) in [5.41, 5.74) is 0. The SMILES string of the molecule is CN(C)C(=O)Oc1ccc[n+](CCCCCC[n+]2cccc(OC(=O)N(C)C)c2)c1.[Br-]. The van der Waals surface area contributed by atoms with E-state index in [1.165, 1.54) is 9.80 Å². The molecule has 2 heterocycles. The zero-order chi connectivity index (χ0) is 21.9. The minimum atomic E-state index is -0.384. The van der Waals surface area contributed by atoms with Gasteiger partial charge in [0.1, 0.15) is 13.1 Å². The molecule has 0 aliphatic heterocycles. The first-order valence-corrected chi connectivity index (χ1v) is 10.1. The predicted octanol–water partition coefficient (Wildman–Crippen LogP) is -0.353. The Morgan fingerprint density at radius 2 is 1.13 bits per heavy atom. The van der Waals surface area contributed by atoms with E-state index < -0.39 is 0 Å². The van der Waals surface area contributed by atoms with Gasteiger partial charge in [-0.25, -0.2) is 18.7 Å². The van der Waals surface area contributed by atoms with Crippen molar-refractivity contribution in [3.8, 4) is 11.5 Å². The van der Waals surface area contributed by atoms with Gasteiger partial charge in [0.15, 0.2) is 23.9 Å². The van der Waals surface area contributed by atoms with E-state index in [1.54, 1.807) is 40.3 Å². The van der Waals surface area contributed by atoms with E-state index in [9.17, 15) is 9.59 Å². The number of hydrogen-bond acceptors (Lipinski definition) is 4. The van der Waals surface area contributed by atoms with Crippen LogP contribution in [0.3, 0.4) is 0 Å². The standard InChI is InChI=1S/C22H32N4O4.BrH/c1-23(2)21(27)29-19-11-9-15-25(17-19)13-7-5-6-8-14-26-16-10-12-20(18-26)30-22(28)24(3)4;/h9-12,15-18H,5-8,13-14H2,1-4H3;1H/q+2;/p-1. The highest BCUT2D eigenvalue weighted by Crippen LogP contribution is 2.09. The molecule has 2 amide bonds. The van der Waals surface area contributed by atoms with Crippen molar-refractivity contribution in [2.75, 3.05) is 28.2 Å². The molecule has 0 N–H and O–H groups in total. The fraction of sp³-hybridized carbons (Fsp3) is 0.455. The van der Waals surface area contributed by atoms with Crippen molar-refractivity contribution in [1.29, 1.82) is 0 Å². The second-order valence-electron chi connectivity index (χ2n) is 7.49. The maximum atomic E-state index is 11.6. The lowest BCUT2D eigenvalue weighted by atomic mass is 10.2. The smallest absolute Gasteiger partial charge is 0.414 e. The number of carbonyl (C=O) groups is 2. The molecule has 0 atom stereocenters. The molecule has 170 valence electrons. The maximum Gasteiger partial charge on any atom is 0.414 e. The van der Waals surface area contributed by atoms with Gasteiger partial charge in [-0.2, -0.15) is 0 Å². The number of carbonyl (C=O) groups excluding carboxylic acids is 2. The van der Waals surface area contributed by atoms with Crippen molar-refractivity contribution in [2.45, 2.75) is 38.8 Å². The second-order valence-corrected chi connectivity index (χ2v) is 7.49. The Morgan fingerprint density at radius 3 is 1.48 bits per heavy atom. The van der Waals surface area contributed by atoms with Crippen LogP contribution in [0.2, 0.25) is 0 Å². The van der Waals surface area contributed by atoms with Crippen LogP contribution < -0.4 is 35.6 Å². The molecule has 2 rings (SSSR count). The summed E-state index contributed by atoms with van der Waals surface area (Å²) in [6.45, 7) is 1.74. The summed E-state index contributed by atoms with van der Waals surface area (Å²) < 4.78 is 14.6. The lowest BCUT2D eigenvalue weighted by Crippen LogP contribution is -3.00. The van der Waals surface area contributed by atoms with Crippen molar-refractivity contribution >= 4 is 12.2 Å². The summed E-state index contributed by atoms with van der Waals surface area (Å²) in [5.74, 6) is 1.09. The van der Waals surface area contributed by atoms with E-state index in [0.29, 0.717) is 11.5 Å². The first kappa shape index (κ1) is 26.4. The van der Waals surface area contributed by atoms with Crippen LogP contribution in [-0.2, 0) is 13.1 Å². The first-order valence-electron chi connectivity index (χ1n) is 10.1. The molecule has 0 fully saturated rings. The molecule has 0 unspecified atom stereocenters. The summed E-state index contributed by atoms with van der Waals surface area (Å²) in [7, 11) is 6.63. The highest BCUT2D eigenvalue weighted by Gasteiger charge is 2.11. The first-order chi connectivity index (χ1) is 14.3. The number of hydrogen-bond donors (Lipinski definition) is 0. The minimum absolute atomic E-state index is 0. The highest BCUT2D eigenvalue weighted by atomic mass is 79.9. The van der Waals surface area contributed by atoms with Crippen LogP contribution in [0.5, 0.6) is 11.5 Å². The van der Waals surface area contributed by atoms with Gasteiger partial charge < -0.3 is 36.3 Å². The Morgan fingerprint density at radius 1 is 0.742 bits per heavy atom. The number of ether oxygens (including phenoxy) is 2. The van der Waals surface area contributed by atoms with Crippen molar-refractivity contribution in [2.24, 2.45) is 0 Å². The molecule has 31 heavy (non-hydrogen) atoms. The molecule has 0 aromatic carbocycles. The zero-order valence-corrected chi connectivity index (χ0v) is 20.2. The Bertz CT molecular complexity index is 776. The third-order valence-electron chi connectivity index (χ3n) is 4.39. The number of aromatic nitrogens is 2. The van der Waals surface area contributed by atoms with E-state index >= 15 is 0 Å². The molecule has 2 aromatic heterocycles. The summed E-state index contributed by atoms with van der Waals surface area (Å²) in [6, 6.07) is 7.31. The van der Waals surface area contributed by atoms with E-state index in [2.05, 4.69) is 0 Å². The van der Waals surface area contributed by atoms with Crippen LogP contribution in [0.4, 0.5) is 9.59 Å². The molecule has 8 nitrogen and oxygen atoms in total. The lowest BCUT2D eigenvalue weighted by Gasteiger charge is -2.09. The molecular formula is C22H32BrN4O4+. The van der Waals surface area contributed by atoms with Crippen LogP contribution in [0, 0.1) is 0 Å². The summed E-state index contributed by atoms with van der Waals surface area (Å²) in [4.78, 5) is 26.1. The highest BCUT2D eigenvalue weighted by molar-refractivity contribution is 5.70. The Balaban J connectivity index is 0.00000480. The number of aryl methyl sites for hydroxylation is 2. The number of unbranched alkanes of at least 4 members (excludes halogenated alkanes) is 3. The second kappa shape index (κ2) is 13.6. The van der Waals surface area contributed by atoms with Gasteiger partial charge in [-0.1, -0.05) is 0 Å². The van der Waals surface area contributed by atoms with Crippen LogP contribution in [0.25, 0.3) is 0 Å². The molecule has 9 heteroatoms. The predicted molar refractivity (Wildman–Crippen MR) is 111 cm³/mol. The van der Waals surface area contributed by atoms with Crippen LogP contribution in [0.1, 0.15) is 25.7 Å². The summed E-state index contributed by atoms with van der Waals surface area (Å²) in [5, 5.41) is 0. The van der Waals surface area contributed by atoms with E-state index in [1.807, 2.05) is 46.1 Å². The minimum Gasteiger partial charge on any atom is -1.00 e. The lowest BCUT2D eigenvalue weighted by molar-refractivity contribution is -0.699. The average Bonchev–Trinajstić information content (AvgIpc) is 2.71. The van der Waals surface area contributed by atoms with Crippen LogP contribution >= 0.6 is 0 Å². The van der Waals surface area contributed by atoms with Gasteiger partial charge in [0, 0.05) is 53.2 Å². The van der Waals surface area contributed by atoms with Gasteiger partial charge in [-0.3, -0.25) is 0 Å². The molecule has 2 aromatic rings. The molecule has 0 spiro atoms. The number of amides is 2. The summed E-state index contributed by atoms with van der Waals surface area (Å²) in [6.07, 6.45) is 11.2. The van der Waals surface area contributed by atoms with Crippen molar-refractivity contribution in [1.82, 2.24) is 9.80 Å². The fourth-order valence-corrected chi connectivity index (χ4v) is 2.72. The van der Waals surface area contributed by atoms with Crippen molar-refractivity contribution < 1.29 is 45.2 Å². The van der Waals surface area contributed by atoms with Gasteiger partial charge in [0.25, 0.3) is 0 Å². The number of nitrogens with zero attached hydrogens (tertiary/aromatic N) is 4. The molecular weight excluding hydrogens is 464 g/mol. The third kappa shape index (κ3) is 9.78. The molecule has 0 bridgehead atoms. The van der Waals surface area contributed by atoms with Gasteiger partial charge >= 0.3 is 12.2 Å². The number of rotatable bonds is 9. The molecule has 0 aliphatic carbocycles. The third-order valence-corrected chi connectivity index (χ3v) is 4.39. The van der Waals surface area contributed by atoms with E-state index in [4.69, 9.17) is 9.47 Å². The van der Waals surface area contributed by atoms with Crippen LogP contribution in [-0.4, -0.2) is 50.2 Å². The largest absolute Gasteiger partial charge is 1.00 e. The summed E-state index contributed by atoms with van der Waals surface area (Å²) >= 11 is 0. The number of halogens is 1. The van der Waals surface area contributed by atoms with Gasteiger partial charge in [-0.05, 0) is 25.0 Å². The van der Waals surface area contributed by atoms with Gasteiger partial charge in [0.2, 0.25) is 12.4 Å². The quantitative estimate of drug-likeness (QED) is 0.352. The van der Waals surface area contributed by atoms with Gasteiger partial charge in [0.05, 0.1) is 0 Å². The Kier molecular flexibility index (Phi) is 11.6. The van der Waals surface area contributed by atoms with Crippen molar-refractivity contribution in [3.63, 3.8) is 0 Å². The number of pyridine rings is 2. The molecule has 0 saturated heterocycles. The monoisotopic (exact) mass is 495 g/mol. The van der Waals surface area contributed by atoms with E-state index in [-0.39, 0.29) is 29.2 Å². The average molecular weight is 496 g/mol. The Hall–Kier alpha value is -2.68. The normalized spacial score (nSPS) is 10.1. The molecule has 0 radical (unpaired) electrons.